The molecule has 0 spiro atoms. The van der Waals surface area contributed by atoms with E-state index in [1.807, 2.05) is 4.90 Å². The lowest BCUT2D eigenvalue weighted by atomic mass is 9.70. The average Bonchev–Trinajstić information content (AvgIpc) is 3.03. The maximum Gasteiger partial charge on any atom is 0.236 e. The highest BCUT2D eigenvalue weighted by Gasteiger charge is 2.65. The third-order valence-electron chi connectivity index (χ3n) is 8.36. The van der Waals surface area contributed by atoms with Crippen LogP contribution in [0, 0.1) is 16.7 Å². The van der Waals surface area contributed by atoms with E-state index in [1.54, 1.807) is 4.31 Å². The van der Waals surface area contributed by atoms with Gasteiger partial charge in [0, 0.05) is 51.1 Å². The van der Waals surface area contributed by atoms with Crippen molar-refractivity contribution in [1.29, 1.82) is 0 Å². The molecule has 0 aromatic carbocycles. The second-order valence-electron chi connectivity index (χ2n) is 10.0. The van der Waals surface area contributed by atoms with Crippen LogP contribution in [0.25, 0.3) is 0 Å². The summed E-state index contributed by atoms with van der Waals surface area (Å²) in [7, 11) is -3.50. The molecule has 2 unspecified atom stereocenters. The van der Waals surface area contributed by atoms with Gasteiger partial charge in [-0.15, -0.1) is 0 Å². The number of carbonyl (C=O) groups excluding carboxylic acids is 2. The average molecular weight is 426 g/mol. The summed E-state index contributed by atoms with van der Waals surface area (Å²) in [4.78, 5) is 29.2. The molecule has 0 N–H and O–H groups in total. The highest BCUT2D eigenvalue weighted by Crippen LogP contribution is 2.64. The van der Waals surface area contributed by atoms with Crippen molar-refractivity contribution in [3.05, 3.63) is 0 Å². The number of piperidine rings is 1. The standard InChI is InChI=1S/C21H35N3O4S/c1-20(2)17-6-7-21(20,18(25)14-17)16-29(27,28)24-12-10-22(11-13-24)15-19(26)23-8-4-3-5-9-23/h17H,3-16H2,1-2H3. The van der Waals surface area contributed by atoms with Crippen molar-refractivity contribution in [2.45, 2.75) is 52.4 Å². The second-order valence-corrected chi connectivity index (χ2v) is 12.0. The Labute approximate surface area is 174 Å². The van der Waals surface area contributed by atoms with Crippen LogP contribution >= 0.6 is 0 Å². The molecule has 0 aromatic heterocycles. The molecule has 0 radical (unpaired) electrons. The van der Waals surface area contributed by atoms with Crippen LogP contribution in [0.15, 0.2) is 0 Å². The monoisotopic (exact) mass is 425 g/mol. The molecular weight excluding hydrogens is 390 g/mol. The lowest BCUT2D eigenvalue weighted by Crippen LogP contribution is -2.54. The number of rotatable bonds is 5. The van der Waals surface area contributed by atoms with Crippen molar-refractivity contribution >= 4 is 21.7 Å². The molecule has 164 valence electrons. The molecule has 2 saturated carbocycles. The van der Waals surface area contributed by atoms with E-state index in [0.29, 0.717) is 51.5 Å². The number of fused-ring (bicyclic) bond motifs is 2. The largest absolute Gasteiger partial charge is 0.342 e. The molecule has 2 atom stereocenters. The van der Waals surface area contributed by atoms with Gasteiger partial charge in [0.15, 0.2) is 0 Å². The van der Waals surface area contributed by atoms with E-state index >= 15 is 0 Å². The number of nitrogens with zero attached hydrogens (tertiary/aromatic N) is 3. The van der Waals surface area contributed by atoms with E-state index in [2.05, 4.69) is 18.7 Å². The zero-order valence-electron chi connectivity index (χ0n) is 17.9. The fraction of sp³-hybridized carbons (Fsp3) is 0.905. The molecule has 4 fully saturated rings. The molecule has 2 heterocycles. The number of ketones is 1. The number of amides is 1. The van der Waals surface area contributed by atoms with E-state index in [-0.39, 0.29) is 22.9 Å². The maximum absolute atomic E-state index is 13.2. The van der Waals surface area contributed by atoms with Crippen LogP contribution in [0.2, 0.25) is 0 Å². The number of hydrogen-bond donors (Lipinski definition) is 0. The van der Waals surface area contributed by atoms with E-state index in [0.717, 1.165) is 32.4 Å². The fourth-order valence-corrected chi connectivity index (χ4v) is 8.31. The topological polar surface area (TPSA) is 78.0 Å². The minimum absolute atomic E-state index is 0.0466. The van der Waals surface area contributed by atoms with Gasteiger partial charge in [-0.05, 0) is 43.4 Å². The van der Waals surface area contributed by atoms with Gasteiger partial charge in [0.25, 0.3) is 0 Å². The Balaban J connectivity index is 1.34. The minimum Gasteiger partial charge on any atom is -0.342 e. The molecule has 7 nitrogen and oxygen atoms in total. The van der Waals surface area contributed by atoms with Crippen molar-refractivity contribution in [3.8, 4) is 0 Å². The third kappa shape index (κ3) is 3.65. The summed E-state index contributed by atoms with van der Waals surface area (Å²) in [6, 6.07) is 0. The fourth-order valence-electron chi connectivity index (χ4n) is 6.11. The van der Waals surface area contributed by atoms with Crippen molar-refractivity contribution < 1.29 is 18.0 Å². The van der Waals surface area contributed by atoms with Crippen molar-refractivity contribution in [2.24, 2.45) is 16.7 Å². The quantitative estimate of drug-likeness (QED) is 0.664. The van der Waals surface area contributed by atoms with Gasteiger partial charge in [-0.1, -0.05) is 13.8 Å². The van der Waals surface area contributed by atoms with Gasteiger partial charge in [0.05, 0.1) is 12.3 Å². The number of sulfonamides is 1. The number of likely N-dealkylation sites (tertiary alicyclic amines) is 1. The normalized spacial score (nSPS) is 33.4. The molecule has 4 aliphatic rings. The summed E-state index contributed by atoms with van der Waals surface area (Å²) in [6.07, 6.45) is 5.55. The SMILES string of the molecule is CC1(C)C2CCC1(CS(=O)(=O)N1CCN(CC(=O)N3CCCCC3)CC1)C(=O)C2. The number of piperazine rings is 1. The summed E-state index contributed by atoms with van der Waals surface area (Å²) in [5, 5.41) is 0. The van der Waals surface area contributed by atoms with Gasteiger partial charge >= 0.3 is 0 Å². The first-order valence-corrected chi connectivity index (χ1v) is 12.8. The molecule has 2 bridgehead atoms. The number of hydrogen-bond acceptors (Lipinski definition) is 5. The molecule has 4 rings (SSSR count). The Hall–Kier alpha value is -0.990. The molecule has 29 heavy (non-hydrogen) atoms. The van der Waals surface area contributed by atoms with Crippen molar-refractivity contribution in [1.82, 2.24) is 14.1 Å². The van der Waals surface area contributed by atoms with E-state index in [9.17, 15) is 18.0 Å². The highest BCUT2D eigenvalue weighted by atomic mass is 32.2. The molecule has 0 aromatic rings. The van der Waals surface area contributed by atoms with Crippen LogP contribution in [-0.2, 0) is 19.6 Å². The zero-order valence-corrected chi connectivity index (χ0v) is 18.7. The highest BCUT2D eigenvalue weighted by molar-refractivity contribution is 7.89. The molecular formula is C21H35N3O4S. The molecule has 2 aliphatic heterocycles. The van der Waals surface area contributed by atoms with Crippen LogP contribution in [0.4, 0.5) is 0 Å². The Kier molecular flexibility index (Phi) is 5.57. The smallest absolute Gasteiger partial charge is 0.236 e. The number of carbonyl (C=O) groups is 2. The first-order chi connectivity index (χ1) is 13.7. The number of Topliss-reactive ketones (excluding diaryl/α,β-unsaturated/α-hetero) is 1. The summed E-state index contributed by atoms with van der Waals surface area (Å²) >= 11 is 0. The van der Waals surface area contributed by atoms with Gasteiger partial charge < -0.3 is 4.90 Å². The first kappa shape index (κ1) is 21.2. The van der Waals surface area contributed by atoms with Crippen molar-refractivity contribution in [2.75, 3.05) is 51.6 Å². The minimum atomic E-state index is -3.50. The second kappa shape index (κ2) is 7.61. The summed E-state index contributed by atoms with van der Waals surface area (Å²) in [6.45, 7) is 8.20. The predicted molar refractivity (Wildman–Crippen MR) is 111 cm³/mol. The van der Waals surface area contributed by atoms with Crippen molar-refractivity contribution in [3.63, 3.8) is 0 Å². The Morgan fingerprint density at radius 2 is 1.69 bits per heavy atom. The van der Waals surface area contributed by atoms with E-state index in [4.69, 9.17) is 0 Å². The lowest BCUT2D eigenvalue weighted by Gasteiger charge is -2.40. The van der Waals surface area contributed by atoms with Gasteiger partial charge in [0.2, 0.25) is 15.9 Å². The molecule has 2 saturated heterocycles. The first-order valence-electron chi connectivity index (χ1n) is 11.2. The molecule has 2 aliphatic carbocycles. The van der Waals surface area contributed by atoms with Crippen LogP contribution in [0.1, 0.15) is 52.4 Å². The summed E-state index contributed by atoms with van der Waals surface area (Å²) in [5.41, 5.74) is -0.947. The summed E-state index contributed by atoms with van der Waals surface area (Å²) in [5.74, 6) is 0.584. The van der Waals surface area contributed by atoms with E-state index < -0.39 is 15.4 Å². The van der Waals surface area contributed by atoms with Gasteiger partial charge in [-0.25, -0.2) is 8.42 Å². The van der Waals surface area contributed by atoms with Gasteiger partial charge in [-0.2, -0.15) is 4.31 Å². The van der Waals surface area contributed by atoms with Gasteiger partial charge in [0.1, 0.15) is 5.78 Å². The Morgan fingerprint density at radius 1 is 1.03 bits per heavy atom. The van der Waals surface area contributed by atoms with Crippen LogP contribution in [0.3, 0.4) is 0 Å². The van der Waals surface area contributed by atoms with E-state index in [1.165, 1.54) is 6.42 Å². The zero-order chi connectivity index (χ0) is 20.9. The molecule has 1 amide bonds. The summed E-state index contributed by atoms with van der Waals surface area (Å²) < 4.78 is 28.0. The van der Waals surface area contributed by atoms with Crippen LogP contribution in [-0.4, -0.2) is 85.8 Å². The third-order valence-corrected chi connectivity index (χ3v) is 10.4. The van der Waals surface area contributed by atoms with Crippen LogP contribution < -0.4 is 0 Å². The Bertz CT molecular complexity index is 767. The van der Waals surface area contributed by atoms with Crippen LogP contribution in [0.5, 0.6) is 0 Å². The Morgan fingerprint density at radius 3 is 2.24 bits per heavy atom. The molecule has 8 heteroatoms. The lowest BCUT2D eigenvalue weighted by molar-refractivity contribution is -0.133. The predicted octanol–water partition coefficient (Wildman–Crippen LogP) is 1.34. The van der Waals surface area contributed by atoms with Gasteiger partial charge in [-0.3, -0.25) is 14.5 Å². The maximum atomic E-state index is 13.2.